The maximum atomic E-state index is 12.9. The summed E-state index contributed by atoms with van der Waals surface area (Å²) >= 11 is 0. The van der Waals surface area contributed by atoms with Gasteiger partial charge >= 0.3 is 0 Å². The zero-order valence-corrected chi connectivity index (χ0v) is 14.3. The van der Waals surface area contributed by atoms with Gasteiger partial charge in [0.1, 0.15) is 11.9 Å². The van der Waals surface area contributed by atoms with Gasteiger partial charge in [0, 0.05) is 38.6 Å². The van der Waals surface area contributed by atoms with E-state index in [9.17, 15) is 4.79 Å². The third-order valence-electron chi connectivity index (χ3n) is 5.12. The molecule has 0 spiro atoms. The van der Waals surface area contributed by atoms with E-state index < -0.39 is 0 Å². The third kappa shape index (κ3) is 3.78. The van der Waals surface area contributed by atoms with Gasteiger partial charge in [-0.2, -0.15) is 0 Å². The number of carbonyl (C=O) groups is 1. The van der Waals surface area contributed by atoms with Crippen molar-refractivity contribution in [1.29, 1.82) is 0 Å². The molecule has 0 unspecified atom stereocenters. The van der Waals surface area contributed by atoms with Crippen molar-refractivity contribution >= 4 is 5.91 Å². The van der Waals surface area contributed by atoms with Crippen LogP contribution in [0, 0.1) is 0 Å². The van der Waals surface area contributed by atoms with Crippen LogP contribution in [0.3, 0.4) is 0 Å². The lowest BCUT2D eigenvalue weighted by atomic mass is 10.1. The van der Waals surface area contributed by atoms with Crippen LogP contribution < -0.4 is 0 Å². The fraction of sp³-hybridized carbons (Fsp3) is 0.450. The van der Waals surface area contributed by atoms with Crippen molar-refractivity contribution in [2.45, 2.75) is 25.0 Å². The van der Waals surface area contributed by atoms with Gasteiger partial charge in [0.15, 0.2) is 0 Å². The lowest BCUT2D eigenvalue weighted by molar-refractivity contribution is -0.148. The number of likely N-dealkylation sites (tertiary alicyclic amines) is 1. The molecule has 2 aromatic rings. The van der Waals surface area contributed by atoms with Crippen LogP contribution in [-0.2, 0) is 16.1 Å². The van der Waals surface area contributed by atoms with E-state index >= 15 is 0 Å². The van der Waals surface area contributed by atoms with Gasteiger partial charge in [-0.1, -0.05) is 30.3 Å². The summed E-state index contributed by atoms with van der Waals surface area (Å²) in [5.74, 6) is 1.40. The van der Waals surface area contributed by atoms with Gasteiger partial charge in [0.25, 0.3) is 5.91 Å². The van der Waals surface area contributed by atoms with Gasteiger partial charge in [-0.15, -0.1) is 0 Å². The number of furan rings is 1. The molecule has 2 aliphatic rings. The molecule has 1 aromatic carbocycles. The van der Waals surface area contributed by atoms with Crippen molar-refractivity contribution in [3.05, 3.63) is 60.1 Å². The molecule has 2 fully saturated rings. The van der Waals surface area contributed by atoms with E-state index in [2.05, 4.69) is 29.2 Å². The molecule has 1 amide bonds. The first-order valence-electron chi connectivity index (χ1n) is 8.99. The van der Waals surface area contributed by atoms with Crippen LogP contribution in [0.2, 0.25) is 0 Å². The summed E-state index contributed by atoms with van der Waals surface area (Å²) in [6.07, 6.45) is 2.30. The highest BCUT2D eigenvalue weighted by atomic mass is 16.5. The standard InChI is InChI=1S/C20H24N2O3/c23-20(22-9-8-17(14-22)18-7-4-11-24-18)19-15-21(10-12-25-19)13-16-5-2-1-3-6-16/h1-7,11,17,19H,8-10,12-15H2/t17-,19+/m0/s1. The highest BCUT2D eigenvalue weighted by Gasteiger charge is 2.35. The zero-order chi connectivity index (χ0) is 17.1. The number of hydrogen-bond acceptors (Lipinski definition) is 4. The van der Waals surface area contributed by atoms with E-state index in [4.69, 9.17) is 9.15 Å². The Morgan fingerprint density at radius 2 is 1.96 bits per heavy atom. The molecule has 0 saturated carbocycles. The number of carbonyl (C=O) groups excluding carboxylic acids is 1. The fourth-order valence-corrected chi connectivity index (χ4v) is 3.76. The number of rotatable bonds is 4. The van der Waals surface area contributed by atoms with Crippen molar-refractivity contribution in [2.24, 2.45) is 0 Å². The quantitative estimate of drug-likeness (QED) is 0.858. The van der Waals surface area contributed by atoms with Crippen LogP contribution in [0.1, 0.15) is 23.7 Å². The van der Waals surface area contributed by atoms with E-state index in [0.29, 0.717) is 19.1 Å². The second-order valence-corrected chi connectivity index (χ2v) is 6.87. The summed E-state index contributed by atoms with van der Waals surface area (Å²) in [6.45, 7) is 4.51. The maximum Gasteiger partial charge on any atom is 0.253 e. The van der Waals surface area contributed by atoms with Gasteiger partial charge in [-0.25, -0.2) is 0 Å². The molecule has 2 aliphatic heterocycles. The first-order valence-corrected chi connectivity index (χ1v) is 8.99. The van der Waals surface area contributed by atoms with Gasteiger partial charge < -0.3 is 14.1 Å². The third-order valence-corrected chi connectivity index (χ3v) is 5.12. The Labute approximate surface area is 148 Å². The largest absolute Gasteiger partial charge is 0.469 e. The molecule has 2 atom stereocenters. The van der Waals surface area contributed by atoms with Crippen LogP contribution in [0.4, 0.5) is 0 Å². The van der Waals surface area contributed by atoms with Crippen LogP contribution in [0.5, 0.6) is 0 Å². The Balaban J connectivity index is 1.34. The molecule has 1 aromatic heterocycles. The molecule has 5 heteroatoms. The van der Waals surface area contributed by atoms with E-state index in [0.717, 1.165) is 38.4 Å². The molecule has 0 aliphatic carbocycles. The van der Waals surface area contributed by atoms with Gasteiger partial charge in [0.2, 0.25) is 0 Å². The van der Waals surface area contributed by atoms with E-state index in [1.807, 2.05) is 23.1 Å². The van der Waals surface area contributed by atoms with Gasteiger partial charge in [0.05, 0.1) is 12.9 Å². The smallest absolute Gasteiger partial charge is 0.253 e. The number of ether oxygens (including phenoxy) is 1. The molecule has 0 N–H and O–H groups in total. The van der Waals surface area contributed by atoms with Crippen LogP contribution in [0.25, 0.3) is 0 Å². The molecule has 4 rings (SSSR count). The fourth-order valence-electron chi connectivity index (χ4n) is 3.76. The lowest BCUT2D eigenvalue weighted by Crippen LogP contribution is -2.50. The predicted molar refractivity (Wildman–Crippen MR) is 94.1 cm³/mol. The Bertz CT molecular complexity index is 686. The minimum absolute atomic E-state index is 0.117. The van der Waals surface area contributed by atoms with Crippen molar-refractivity contribution in [3.63, 3.8) is 0 Å². The van der Waals surface area contributed by atoms with Crippen molar-refractivity contribution in [1.82, 2.24) is 9.80 Å². The van der Waals surface area contributed by atoms with Crippen molar-refractivity contribution in [2.75, 3.05) is 32.8 Å². The second kappa shape index (κ2) is 7.42. The topological polar surface area (TPSA) is 45.9 Å². The molecule has 3 heterocycles. The highest BCUT2D eigenvalue weighted by molar-refractivity contribution is 5.81. The van der Waals surface area contributed by atoms with E-state index in [-0.39, 0.29) is 12.0 Å². The number of benzene rings is 1. The summed E-state index contributed by atoms with van der Waals surface area (Å²) in [5.41, 5.74) is 1.27. The van der Waals surface area contributed by atoms with Crippen molar-refractivity contribution in [3.8, 4) is 0 Å². The second-order valence-electron chi connectivity index (χ2n) is 6.87. The van der Waals surface area contributed by atoms with Crippen LogP contribution in [0.15, 0.2) is 53.1 Å². The molecule has 25 heavy (non-hydrogen) atoms. The van der Waals surface area contributed by atoms with Gasteiger partial charge in [-0.3, -0.25) is 9.69 Å². The normalized spacial score (nSPS) is 24.6. The Morgan fingerprint density at radius 3 is 2.76 bits per heavy atom. The summed E-state index contributed by atoms with van der Waals surface area (Å²) < 4.78 is 11.3. The summed E-state index contributed by atoms with van der Waals surface area (Å²) in [6, 6.07) is 14.3. The van der Waals surface area contributed by atoms with E-state index in [1.165, 1.54) is 5.56 Å². The van der Waals surface area contributed by atoms with E-state index in [1.54, 1.807) is 6.26 Å². The number of hydrogen-bond donors (Lipinski definition) is 0. The average molecular weight is 340 g/mol. The SMILES string of the molecule is O=C([C@H]1CN(Cc2ccccc2)CCO1)N1CC[C@H](c2ccco2)C1. The minimum Gasteiger partial charge on any atom is -0.469 e. The maximum absolute atomic E-state index is 12.9. The Kier molecular flexibility index (Phi) is 4.85. The van der Waals surface area contributed by atoms with Crippen LogP contribution in [-0.4, -0.2) is 54.6 Å². The zero-order valence-electron chi connectivity index (χ0n) is 14.3. The summed E-state index contributed by atoms with van der Waals surface area (Å²) in [5, 5.41) is 0. The summed E-state index contributed by atoms with van der Waals surface area (Å²) in [7, 11) is 0. The first-order chi connectivity index (χ1) is 12.3. The van der Waals surface area contributed by atoms with Gasteiger partial charge in [-0.05, 0) is 24.1 Å². The number of amides is 1. The highest BCUT2D eigenvalue weighted by Crippen LogP contribution is 2.28. The first kappa shape index (κ1) is 16.4. The molecule has 132 valence electrons. The molecule has 0 radical (unpaired) electrons. The molecule has 2 saturated heterocycles. The Morgan fingerprint density at radius 1 is 1.08 bits per heavy atom. The predicted octanol–water partition coefficient (Wildman–Crippen LogP) is 2.50. The molecular formula is C20H24N2O3. The monoisotopic (exact) mass is 340 g/mol. The minimum atomic E-state index is -0.354. The molecular weight excluding hydrogens is 316 g/mol. The summed E-state index contributed by atoms with van der Waals surface area (Å²) in [4.78, 5) is 17.1. The molecule has 0 bridgehead atoms. The van der Waals surface area contributed by atoms with Crippen LogP contribution >= 0.6 is 0 Å². The lowest BCUT2D eigenvalue weighted by Gasteiger charge is -2.34. The number of nitrogens with zero attached hydrogens (tertiary/aromatic N) is 2. The molecule has 5 nitrogen and oxygen atoms in total. The van der Waals surface area contributed by atoms with Crippen molar-refractivity contribution < 1.29 is 13.9 Å². The Hall–Kier alpha value is -2.11. The average Bonchev–Trinajstić information content (AvgIpc) is 3.34. The number of morpholine rings is 1.